The normalized spacial score (nSPS) is 13.3. The number of hydrogen-bond donors (Lipinski definition) is 3. The molecule has 0 bridgehead atoms. The van der Waals surface area contributed by atoms with E-state index in [1.807, 2.05) is 24.3 Å². The molecular weight excluding hydrogens is 300 g/mol. The SMILES string of the molecule is CN=C(NCc1cccc(NC(C)=O)c1)NC(C)CCC(C)(C)C. The van der Waals surface area contributed by atoms with E-state index in [0.717, 1.165) is 30.1 Å². The lowest BCUT2D eigenvalue weighted by atomic mass is 9.89. The molecule has 5 nitrogen and oxygen atoms in total. The van der Waals surface area contributed by atoms with Gasteiger partial charge in [0.2, 0.25) is 5.91 Å². The van der Waals surface area contributed by atoms with Crippen molar-refractivity contribution < 1.29 is 4.79 Å². The number of nitrogens with zero attached hydrogens (tertiary/aromatic N) is 1. The monoisotopic (exact) mass is 332 g/mol. The van der Waals surface area contributed by atoms with Crippen molar-refractivity contribution in [2.24, 2.45) is 10.4 Å². The van der Waals surface area contributed by atoms with Crippen LogP contribution in [0.5, 0.6) is 0 Å². The predicted octanol–water partition coefficient (Wildman–Crippen LogP) is 3.52. The third-order valence-corrected chi connectivity index (χ3v) is 3.64. The Morgan fingerprint density at radius 2 is 2.00 bits per heavy atom. The molecule has 0 spiro atoms. The summed E-state index contributed by atoms with van der Waals surface area (Å²) in [4.78, 5) is 15.4. The summed E-state index contributed by atoms with van der Waals surface area (Å²) in [6.07, 6.45) is 2.26. The molecule has 134 valence electrons. The van der Waals surface area contributed by atoms with Crippen LogP contribution in [-0.2, 0) is 11.3 Å². The molecule has 0 radical (unpaired) electrons. The summed E-state index contributed by atoms with van der Waals surface area (Å²) in [7, 11) is 1.78. The van der Waals surface area contributed by atoms with E-state index in [4.69, 9.17) is 0 Å². The van der Waals surface area contributed by atoms with Crippen molar-refractivity contribution >= 4 is 17.6 Å². The molecular formula is C19H32N4O. The van der Waals surface area contributed by atoms with Crippen LogP contribution in [0.3, 0.4) is 0 Å². The highest BCUT2D eigenvalue weighted by Crippen LogP contribution is 2.21. The van der Waals surface area contributed by atoms with Gasteiger partial charge in [0.05, 0.1) is 0 Å². The van der Waals surface area contributed by atoms with Gasteiger partial charge in [-0.05, 0) is 42.9 Å². The fourth-order valence-electron chi connectivity index (χ4n) is 2.30. The van der Waals surface area contributed by atoms with Gasteiger partial charge in [0, 0.05) is 32.2 Å². The summed E-state index contributed by atoms with van der Waals surface area (Å²) in [6, 6.07) is 8.16. The maximum atomic E-state index is 11.1. The zero-order valence-corrected chi connectivity index (χ0v) is 15.9. The van der Waals surface area contributed by atoms with Crippen LogP contribution in [0.2, 0.25) is 0 Å². The van der Waals surface area contributed by atoms with Gasteiger partial charge in [-0.3, -0.25) is 9.79 Å². The van der Waals surface area contributed by atoms with E-state index in [1.54, 1.807) is 7.05 Å². The van der Waals surface area contributed by atoms with Gasteiger partial charge in [-0.1, -0.05) is 32.9 Å². The zero-order chi connectivity index (χ0) is 18.2. The minimum absolute atomic E-state index is 0.0646. The van der Waals surface area contributed by atoms with E-state index < -0.39 is 0 Å². The molecule has 0 aliphatic heterocycles. The highest BCUT2D eigenvalue weighted by Gasteiger charge is 2.13. The first kappa shape index (κ1) is 20.0. The number of hydrogen-bond acceptors (Lipinski definition) is 2. The Labute approximate surface area is 146 Å². The molecule has 0 saturated carbocycles. The lowest BCUT2D eigenvalue weighted by Crippen LogP contribution is -2.42. The van der Waals surface area contributed by atoms with E-state index in [2.05, 4.69) is 48.6 Å². The Hall–Kier alpha value is -2.04. The number of aliphatic imine (C=N–C) groups is 1. The summed E-state index contributed by atoms with van der Waals surface area (Å²) in [6.45, 7) is 11.1. The van der Waals surface area contributed by atoms with Gasteiger partial charge in [-0.15, -0.1) is 0 Å². The van der Waals surface area contributed by atoms with Gasteiger partial charge in [0.25, 0.3) is 0 Å². The standard InChI is InChI=1S/C19H32N4O/c1-14(10-11-19(3,4)5)22-18(20-6)21-13-16-8-7-9-17(12-16)23-15(2)24/h7-9,12,14H,10-11,13H2,1-6H3,(H,23,24)(H2,20,21,22). The van der Waals surface area contributed by atoms with Crippen LogP contribution in [-0.4, -0.2) is 25.0 Å². The van der Waals surface area contributed by atoms with E-state index in [-0.39, 0.29) is 5.91 Å². The van der Waals surface area contributed by atoms with Crippen LogP contribution >= 0.6 is 0 Å². The molecule has 3 N–H and O–H groups in total. The number of amides is 1. The van der Waals surface area contributed by atoms with Crippen LogP contribution in [0.4, 0.5) is 5.69 Å². The summed E-state index contributed by atoms with van der Waals surface area (Å²) in [5.74, 6) is 0.728. The molecule has 0 aliphatic rings. The van der Waals surface area contributed by atoms with Crippen molar-refractivity contribution in [3.8, 4) is 0 Å². The van der Waals surface area contributed by atoms with Crippen LogP contribution in [0.1, 0.15) is 53.0 Å². The first-order chi connectivity index (χ1) is 11.2. The van der Waals surface area contributed by atoms with E-state index >= 15 is 0 Å². The number of rotatable bonds is 6. The molecule has 24 heavy (non-hydrogen) atoms. The second-order valence-electron chi connectivity index (χ2n) is 7.45. The van der Waals surface area contributed by atoms with Crippen LogP contribution in [0.15, 0.2) is 29.3 Å². The van der Waals surface area contributed by atoms with Crippen LogP contribution in [0, 0.1) is 5.41 Å². The third kappa shape index (κ3) is 8.56. The number of benzene rings is 1. The van der Waals surface area contributed by atoms with Gasteiger partial charge in [0.1, 0.15) is 0 Å². The van der Waals surface area contributed by atoms with E-state index in [0.29, 0.717) is 18.0 Å². The Kier molecular flexibility index (Phi) is 7.75. The summed E-state index contributed by atoms with van der Waals surface area (Å²) >= 11 is 0. The second kappa shape index (κ2) is 9.30. The zero-order valence-electron chi connectivity index (χ0n) is 15.9. The summed E-state index contributed by atoms with van der Waals surface area (Å²) in [5, 5.41) is 9.54. The molecule has 1 unspecified atom stereocenters. The molecule has 1 amide bonds. The minimum Gasteiger partial charge on any atom is -0.354 e. The van der Waals surface area contributed by atoms with Crippen molar-refractivity contribution in [3.63, 3.8) is 0 Å². The molecule has 1 rings (SSSR count). The second-order valence-corrected chi connectivity index (χ2v) is 7.45. The van der Waals surface area contributed by atoms with E-state index in [9.17, 15) is 4.79 Å². The van der Waals surface area contributed by atoms with Crippen molar-refractivity contribution in [2.45, 2.75) is 60.0 Å². The number of nitrogens with one attached hydrogen (secondary N) is 3. The minimum atomic E-state index is -0.0646. The van der Waals surface area contributed by atoms with Gasteiger partial charge in [-0.2, -0.15) is 0 Å². The fraction of sp³-hybridized carbons (Fsp3) is 0.579. The number of guanidine groups is 1. The average molecular weight is 332 g/mol. The van der Waals surface area contributed by atoms with Crippen molar-refractivity contribution in [2.75, 3.05) is 12.4 Å². The maximum Gasteiger partial charge on any atom is 0.221 e. The smallest absolute Gasteiger partial charge is 0.221 e. The molecule has 0 heterocycles. The lowest BCUT2D eigenvalue weighted by Gasteiger charge is -2.23. The quantitative estimate of drug-likeness (QED) is 0.551. The number of carbonyl (C=O) groups is 1. The first-order valence-corrected chi connectivity index (χ1v) is 8.53. The molecule has 0 aromatic heterocycles. The van der Waals surface area contributed by atoms with Crippen LogP contribution in [0.25, 0.3) is 0 Å². The Morgan fingerprint density at radius 3 is 2.58 bits per heavy atom. The summed E-state index contributed by atoms with van der Waals surface area (Å²) < 4.78 is 0. The van der Waals surface area contributed by atoms with Crippen molar-refractivity contribution in [1.29, 1.82) is 0 Å². The average Bonchev–Trinajstić information content (AvgIpc) is 2.48. The molecule has 1 atom stereocenters. The highest BCUT2D eigenvalue weighted by atomic mass is 16.1. The molecule has 5 heteroatoms. The van der Waals surface area contributed by atoms with Gasteiger partial charge < -0.3 is 16.0 Å². The topological polar surface area (TPSA) is 65.5 Å². The van der Waals surface area contributed by atoms with Gasteiger partial charge in [0.15, 0.2) is 5.96 Å². The largest absolute Gasteiger partial charge is 0.354 e. The maximum absolute atomic E-state index is 11.1. The number of anilines is 1. The molecule has 0 saturated heterocycles. The van der Waals surface area contributed by atoms with Crippen molar-refractivity contribution in [1.82, 2.24) is 10.6 Å². The molecule has 1 aromatic rings. The highest BCUT2D eigenvalue weighted by molar-refractivity contribution is 5.88. The molecule has 0 fully saturated rings. The van der Waals surface area contributed by atoms with Crippen molar-refractivity contribution in [3.05, 3.63) is 29.8 Å². The van der Waals surface area contributed by atoms with E-state index in [1.165, 1.54) is 6.92 Å². The van der Waals surface area contributed by atoms with Gasteiger partial charge in [-0.25, -0.2) is 0 Å². The first-order valence-electron chi connectivity index (χ1n) is 8.53. The Morgan fingerprint density at radius 1 is 1.29 bits per heavy atom. The summed E-state index contributed by atoms with van der Waals surface area (Å²) in [5.41, 5.74) is 2.24. The number of carbonyl (C=O) groups excluding carboxylic acids is 1. The molecule has 0 aliphatic carbocycles. The fourth-order valence-corrected chi connectivity index (χ4v) is 2.30. The van der Waals surface area contributed by atoms with Gasteiger partial charge >= 0.3 is 0 Å². The van der Waals surface area contributed by atoms with Crippen LogP contribution < -0.4 is 16.0 Å². The molecule has 1 aromatic carbocycles. The Bertz CT molecular complexity index is 561. The Balaban J connectivity index is 2.50. The predicted molar refractivity (Wildman–Crippen MR) is 102 cm³/mol. The lowest BCUT2D eigenvalue weighted by molar-refractivity contribution is -0.114. The third-order valence-electron chi connectivity index (χ3n) is 3.64.